The van der Waals surface area contributed by atoms with Gasteiger partial charge in [0.2, 0.25) is 11.8 Å². The largest absolute Gasteiger partial charge is 0.465 e. The third-order valence-electron chi connectivity index (χ3n) is 7.88. The summed E-state index contributed by atoms with van der Waals surface area (Å²) in [6.45, 7) is 6.69. The number of nitrogens with zero attached hydrogens (tertiary/aromatic N) is 2. The Hall–Kier alpha value is -1.80. The SMILES string of the molecule is CCCC(C)N1CC=C[C@]23S[C@@H]4/C=C\CCCCOC(=O)[C@@H]4[C@H]2C(=O)N([C@@H](CC)CO)C3C1=O. The summed E-state index contributed by atoms with van der Waals surface area (Å²) in [6.07, 6.45) is 13.2. The summed E-state index contributed by atoms with van der Waals surface area (Å²) >= 11 is 1.56. The Labute approximate surface area is 206 Å². The van der Waals surface area contributed by atoms with Crippen LogP contribution in [0.1, 0.15) is 59.3 Å². The van der Waals surface area contributed by atoms with Crippen LogP contribution in [0, 0.1) is 11.8 Å². The molecule has 0 aliphatic carbocycles. The summed E-state index contributed by atoms with van der Waals surface area (Å²) < 4.78 is 4.78. The molecule has 0 aromatic carbocycles. The van der Waals surface area contributed by atoms with Crippen molar-refractivity contribution in [1.82, 2.24) is 9.80 Å². The zero-order valence-electron chi connectivity index (χ0n) is 20.5. The van der Waals surface area contributed by atoms with Gasteiger partial charge in [-0.3, -0.25) is 14.4 Å². The molecule has 4 rings (SSSR count). The molecule has 0 aromatic heterocycles. The first-order valence-electron chi connectivity index (χ1n) is 12.8. The summed E-state index contributed by atoms with van der Waals surface area (Å²) in [5, 5.41) is 9.93. The number of cyclic esters (lactones) is 1. The third kappa shape index (κ3) is 4.11. The molecule has 1 spiro atoms. The van der Waals surface area contributed by atoms with Gasteiger partial charge in [-0.25, -0.2) is 0 Å². The minimum atomic E-state index is -0.857. The lowest BCUT2D eigenvalue weighted by Gasteiger charge is -2.39. The molecule has 2 amide bonds. The molecule has 7 atom stereocenters. The van der Waals surface area contributed by atoms with E-state index in [1.807, 2.05) is 30.1 Å². The summed E-state index contributed by atoms with van der Waals surface area (Å²) in [6, 6.07) is -1.17. The normalized spacial score (nSPS) is 36.3. The van der Waals surface area contributed by atoms with Crippen LogP contribution in [0.4, 0.5) is 0 Å². The summed E-state index contributed by atoms with van der Waals surface area (Å²) in [5.41, 5.74) is 0. The monoisotopic (exact) mass is 490 g/mol. The average Bonchev–Trinajstić information content (AvgIpc) is 3.20. The zero-order valence-corrected chi connectivity index (χ0v) is 21.3. The predicted molar refractivity (Wildman–Crippen MR) is 132 cm³/mol. The van der Waals surface area contributed by atoms with Crippen LogP contribution in [0.25, 0.3) is 0 Å². The van der Waals surface area contributed by atoms with Gasteiger partial charge >= 0.3 is 5.97 Å². The van der Waals surface area contributed by atoms with Gasteiger partial charge in [0.15, 0.2) is 0 Å². The minimum absolute atomic E-state index is 0.0412. The number of likely N-dealkylation sites (tertiary alicyclic amines) is 1. The van der Waals surface area contributed by atoms with Gasteiger partial charge in [-0.1, -0.05) is 44.6 Å². The van der Waals surface area contributed by atoms with Gasteiger partial charge in [0, 0.05) is 17.8 Å². The second-order valence-corrected chi connectivity index (χ2v) is 11.4. The van der Waals surface area contributed by atoms with E-state index in [-0.39, 0.29) is 35.7 Å². The Bertz CT molecular complexity index is 856. The van der Waals surface area contributed by atoms with E-state index in [1.165, 1.54) is 0 Å². The standard InChI is InChI=1S/C26H38N2O5S/c1-4-11-17(3)27-14-10-13-26-21(23(30)28(18(5-2)16-29)22(26)24(27)31)20-19(34-26)12-8-6-7-9-15-33-25(20)32/h8,10,12-13,17-22,29H,4-7,9,11,14-16H2,1-3H3/b12-8-/t17?,18-,19+,20-,21-,22?,26-/m0/s1. The Morgan fingerprint density at radius 3 is 2.71 bits per heavy atom. The fourth-order valence-corrected chi connectivity index (χ4v) is 8.14. The fraction of sp³-hybridized carbons (Fsp3) is 0.731. The first-order chi connectivity index (χ1) is 16.4. The van der Waals surface area contributed by atoms with E-state index in [2.05, 4.69) is 19.9 Å². The maximum atomic E-state index is 14.2. The molecule has 1 N–H and O–H groups in total. The number of esters is 1. The van der Waals surface area contributed by atoms with Gasteiger partial charge in [-0.2, -0.15) is 0 Å². The molecular weight excluding hydrogens is 452 g/mol. The van der Waals surface area contributed by atoms with Crippen molar-refractivity contribution in [3.05, 3.63) is 24.3 Å². The lowest BCUT2D eigenvalue weighted by Crippen LogP contribution is -2.57. The Morgan fingerprint density at radius 2 is 2.00 bits per heavy atom. The highest BCUT2D eigenvalue weighted by Gasteiger charge is 2.71. The number of thioether (sulfide) groups is 1. The molecule has 4 heterocycles. The third-order valence-corrected chi connectivity index (χ3v) is 9.63. The van der Waals surface area contributed by atoms with Crippen molar-refractivity contribution < 1.29 is 24.2 Å². The highest BCUT2D eigenvalue weighted by atomic mass is 32.2. The van der Waals surface area contributed by atoms with E-state index >= 15 is 0 Å². The van der Waals surface area contributed by atoms with Crippen molar-refractivity contribution in [2.24, 2.45) is 11.8 Å². The molecule has 8 heteroatoms. The zero-order chi connectivity index (χ0) is 24.5. The highest BCUT2D eigenvalue weighted by Crippen LogP contribution is 2.61. The van der Waals surface area contributed by atoms with E-state index in [4.69, 9.17) is 4.74 Å². The smallest absolute Gasteiger partial charge is 0.311 e. The van der Waals surface area contributed by atoms with Crippen molar-refractivity contribution in [3.63, 3.8) is 0 Å². The van der Waals surface area contributed by atoms with Crippen LogP contribution in [0.3, 0.4) is 0 Å². The number of amides is 2. The second-order valence-electron chi connectivity index (χ2n) is 9.95. The molecule has 7 nitrogen and oxygen atoms in total. The summed E-state index contributed by atoms with van der Waals surface area (Å²) in [5.74, 6) is -1.98. The van der Waals surface area contributed by atoms with Crippen LogP contribution >= 0.6 is 11.8 Å². The van der Waals surface area contributed by atoms with Crippen molar-refractivity contribution in [2.45, 2.75) is 87.4 Å². The van der Waals surface area contributed by atoms with E-state index in [9.17, 15) is 19.5 Å². The second kappa shape index (κ2) is 10.4. The topological polar surface area (TPSA) is 87.2 Å². The molecule has 0 bridgehead atoms. The molecule has 0 saturated carbocycles. The molecule has 0 radical (unpaired) electrons. The fourth-order valence-electron chi connectivity index (χ4n) is 6.15. The van der Waals surface area contributed by atoms with Crippen LogP contribution < -0.4 is 0 Å². The predicted octanol–water partition coefficient (Wildman–Crippen LogP) is 2.93. The first kappa shape index (κ1) is 25.3. The first-order valence-corrected chi connectivity index (χ1v) is 13.7. The van der Waals surface area contributed by atoms with Crippen molar-refractivity contribution in [3.8, 4) is 0 Å². The lowest BCUT2D eigenvalue weighted by atomic mass is 9.78. The maximum Gasteiger partial charge on any atom is 0.311 e. The average molecular weight is 491 g/mol. The van der Waals surface area contributed by atoms with Gasteiger partial charge in [0.25, 0.3) is 0 Å². The molecule has 2 saturated heterocycles. The quantitative estimate of drug-likeness (QED) is 0.455. The van der Waals surface area contributed by atoms with Crippen molar-refractivity contribution in [1.29, 1.82) is 0 Å². The number of carbonyl (C=O) groups excluding carboxylic acids is 3. The van der Waals surface area contributed by atoms with Crippen molar-refractivity contribution in [2.75, 3.05) is 19.8 Å². The molecule has 4 aliphatic heterocycles. The van der Waals surface area contributed by atoms with Gasteiger partial charge in [0.05, 0.1) is 35.8 Å². The van der Waals surface area contributed by atoms with Crippen molar-refractivity contribution >= 4 is 29.5 Å². The number of aliphatic hydroxyl groups is 1. The van der Waals surface area contributed by atoms with E-state index < -0.39 is 28.7 Å². The molecule has 0 aromatic rings. The number of rotatable bonds is 6. The summed E-state index contributed by atoms with van der Waals surface area (Å²) in [4.78, 5) is 45.0. The van der Waals surface area contributed by atoms with Crippen LogP contribution in [-0.2, 0) is 19.1 Å². The van der Waals surface area contributed by atoms with E-state index in [0.717, 1.165) is 32.1 Å². The highest BCUT2D eigenvalue weighted by molar-refractivity contribution is 8.02. The number of fused-ring (bicyclic) bond motifs is 2. The van der Waals surface area contributed by atoms with Crippen LogP contribution in [0.15, 0.2) is 24.3 Å². The number of allylic oxidation sites excluding steroid dienone is 1. The summed E-state index contributed by atoms with van der Waals surface area (Å²) in [7, 11) is 0. The number of hydrogen-bond acceptors (Lipinski definition) is 6. The van der Waals surface area contributed by atoms with Crippen LogP contribution in [0.5, 0.6) is 0 Å². The number of hydrogen-bond donors (Lipinski definition) is 1. The number of carbonyl (C=O) groups is 3. The van der Waals surface area contributed by atoms with Crippen LogP contribution in [-0.4, -0.2) is 80.6 Å². The van der Waals surface area contributed by atoms with E-state index in [0.29, 0.717) is 19.6 Å². The Balaban J connectivity index is 1.83. The minimum Gasteiger partial charge on any atom is -0.465 e. The van der Waals surface area contributed by atoms with Crippen LogP contribution in [0.2, 0.25) is 0 Å². The van der Waals surface area contributed by atoms with Gasteiger partial charge in [-0.05, 0) is 39.0 Å². The molecule has 34 heavy (non-hydrogen) atoms. The number of ether oxygens (including phenoxy) is 1. The van der Waals surface area contributed by atoms with Gasteiger partial charge in [0.1, 0.15) is 6.04 Å². The number of aliphatic hydroxyl groups excluding tert-OH is 1. The lowest BCUT2D eigenvalue weighted by molar-refractivity contribution is -0.153. The van der Waals surface area contributed by atoms with E-state index in [1.54, 1.807) is 16.7 Å². The molecular formula is C26H38N2O5S. The van der Waals surface area contributed by atoms with Gasteiger partial charge in [-0.15, -0.1) is 11.8 Å². The Kier molecular flexibility index (Phi) is 7.77. The molecule has 2 unspecified atom stereocenters. The Morgan fingerprint density at radius 1 is 1.21 bits per heavy atom. The molecule has 2 fully saturated rings. The maximum absolute atomic E-state index is 14.2. The van der Waals surface area contributed by atoms with Gasteiger partial charge < -0.3 is 19.6 Å². The molecule has 188 valence electrons. The molecule has 4 aliphatic rings.